The van der Waals surface area contributed by atoms with Crippen LogP contribution in [0.3, 0.4) is 0 Å². The van der Waals surface area contributed by atoms with E-state index in [1.165, 1.54) is 12.8 Å². The second kappa shape index (κ2) is 6.72. The Balaban J connectivity index is 2.53. The first kappa shape index (κ1) is 14.9. The fraction of sp³-hybridized carbons (Fsp3) is 1.00. The second-order valence-electron chi connectivity index (χ2n) is 5.33. The topological polar surface area (TPSA) is 32.7 Å². The summed E-state index contributed by atoms with van der Waals surface area (Å²) in [6, 6.07) is 0.654. The summed E-state index contributed by atoms with van der Waals surface area (Å²) in [5, 5.41) is 8.83. The van der Waals surface area contributed by atoms with Crippen molar-refractivity contribution in [2.24, 2.45) is 5.41 Å². The van der Waals surface area contributed by atoms with Gasteiger partial charge < -0.3 is 14.7 Å². The number of ether oxygens (including phenoxy) is 1. The Kier molecular flexibility index (Phi) is 5.90. The van der Waals surface area contributed by atoms with Gasteiger partial charge in [-0.05, 0) is 45.7 Å². The average Bonchev–Trinajstić information content (AvgIpc) is 2.31. The fourth-order valence-electron chi connectivity index (χ4n) is 3.48. The molecule has 0 spiro atoms. The summed E-state index contributed by atoms with van der Waals surface area (Å²) >= 11 is 0. The predicted molar refractivity (Wildman–Crippen MR) is 71.2 cm³/mol. The number of unbranched alkanes of at least 4 members (excludes halogenated alkanes) is 1. The highest BCUT2D eigenvalue weighted by Gasteiger charge is 2.54. The highest BCUT2D eigenvalue weighted by molar-refractivity contribution is 5.06. The van der Waals surface area contributed by atoms with Crippen LogP contribution in [0.4, 0.5) is 0 Å². The Labute approximate surface area is 106 Å². The molecular weight excluding hydrogens is 214 g/mol. The van der Waals surface area contributed by atoms with Crippen molar-refractivity contribution in [1.29, 1.82) is 0 Å². The van der Waals surface area contributed by atoms with Gasteiger partial charge in [0.1, 0.15) is 0 Å². The molecule has 1 aliphatic rings. The molecule has 0 aromatic heterocycles. The zero-order valence-corrected chi connectivity index (χ0v) is 11.9. The Morgan fingerprint density at radius 2 is 1.94 bits per heavy atom. The molecule has 1 fully saturated rings. The van der Waals surface area contributed by atoms with Gasteiger partial charge >= 0.3 is 0 Å². The van der Waals surface area contributed by atoms with Crippen LogP contribution in [0, 0.1) is 5.41 Å². The Morgan fingerprint density at radius 1 is 1.29 bits per heavy atom. The molecule has 0 aromatic rings. The zero-order chi connectivity index (χ0) is 12.9. The Bertz CT molecular complexity index is 216. The molecule has 3 heteroatoms. The number of methoxy groups -OCH3 is 1. The van der Waals surface area contributed by atoms with Gasteiger partial charge in [0.25, 0.3) is 0 Å². The number of hydrogen-bond donors (Lipinski definition) is 1. The SMILES string of the molecule is CCC1(CC)C(OC)CC1N(C)CCCCO. The van der Waals surface area contributed by atoms with E-state index in [9.17, 15) is 0 Å². The summed E-state index contributed by atoms with van der Waals surface area (Å²) in [7, 11) is 4.06. The van der Waals surface area contributed by atoms with E-state index in [1.807, 2.05) is 7.11 Å². The maximum Gasteiger partial charge on any atom is 0.0657 e. The van der Waals surface area contributed by atoms with Gasteiger partial charge in [0.05, 0.1) is 6.10 Å². The van der Waals surface area contributed by atoms with Crippen LogP contribution in [0.2, 0.25) is 0 Å². The largest absolute Gasteiger partial charge is 0.396 e. The summed E-state index contributed by atoms with van der Waals surface area (Å²) in [4.78, 5) is 2.47. The summed E-state index contributed by atoms with van der Waals surface area (Å²) in [5.74, 6) is 0. The van der Waals surface area contributed by atoms with E-state index in [0.29, 0.717) is 24.2 Å². The van der Waals surface area contributed by atoms with Crippen molar-refractivity contribution in [3.8, 4) is 0 Å². The van der Waals surface area contributed by atoms with Crippen LogP contribution < -0.4 is 0 Å². The predicted octanol–water partition coefficient (Wildman–Crippen LogP) is 2.28. The standard InChI is InChI=1S/C14H29NO2/c1-5-14(6-2)12(11-13(14)17-4)15(3)9-7-8-10-16/h12-13,16H,5-11H2,1-4H3. The van der Waals surface area contributed by atoms with Crippen LogP contribution in [0.25, 0.3) is 0 Å². The molecule has 1 aliphatic carbocycles. The molecule has 102 valence electrons. The lowest BCUT2D eigenvalue weighted by molar-refractivity contribution is -0.156. The van der Waals surface area contributed by atoms with Crippen LogP contribution >= 0.6 is 0 Å². The minimum absolute atomic E-state index is 0.311. The normalized spacial score (nSPS) is 27.2. The molecule has 0 aliphatic heterocycles. The number of aliphatic hydroxyl groups excluding tert-OH is 1. The van der Waals surface area contributed by atoms with E-state index in [-0.39, 0.29) is 0 Å². The number of aliphatic hydroxyl groups is 1. The monoisotopic (exact) mass is 243 g/mol. The molecule has 2 atom stereocenters. The first-order valence-electron chi connectivity index (χ1n) is 7.00. The van der Waals surface area contributed by atoms with E-state index < -0.39 is 0 Å². The summed E-state index contributed by atoms with van der Waals surface area (Å²) in [6.07, 6.45) is 5.98. The quantitative estimate of drug-likeness (QED) is 0.664. The lowest BCUT2D eigenvalue weighted by Gasteiger charge is -2.58. The van der Waals surface area contributed by atoms with Gasteiger partial charge in [0, 0.05) is 25.2 Å². The molecule has 0 bridgehead atoms. The van der Waals surface area contributed by atoms with E-state index in [2.05, 4.69) is 25.8 Å². The van der Waals surface area contributed by atoms with Gasteiger partial charge in [-0.2, -0.15) is 0 Å². The highest BCUT2D eigenvalue weighted by atomic mass is 16.5. The van der Waals surface area contributed by atoms with Gasteiger partial charge in [0.2, 0.25) is 0 Å². The van der Waals surface area contributed by atoms with Gasteiger partial charge in [0.15, 0.2) is 0 Å². The Morgan fingerprint density at radius 3 is 2.41 bits per heavy atom. The van der Waals surface area contributed by atoms with E-state index in [0.717, 1.165) is 25.8 Å². The fourth-order valence-corrected chi connectivity index (χ4v) is 3.48. The Hall–Kier alpha value is -0.120. The molecule has 2 unspecified atom stereocenters. The molecule has 0 saturated heterocycles. The summed E-state index contributed by atoms with van der Waals surface area (Å²) < 4.78 is 5.62. The van der Waals surface area contributed by atoms with Gasteiger partial charge in [-0.3, -0.25) is 0 Å². The van der Waals surface area contributed by atoms with E-state index >= 15 is 0 Å². The minimum atomic E-state index is 0.311. The number of hydrogen-bond acceptors (Lipinski definition) is 3. The third-order valence-electron chi connectivity index (χ3n) is 4.79. The van der Waals surface area contributed by atoms with Crippen molar-refractivity contribution >= 4 is 0 Å². The van der Waals surface area contributed by atoms with Gasteiger partial charge in [-0.25, -0.2) is 0 Å². The molecule has 0 radical (unpaired) electrons. The lowest BCUT2D eigenvalue weighted by atomic mass is 9.58. The van der Waals surface area contributed by atoms with Crippen molar-refractivity contribution in [1.82, 2.24) is 4.90 Å². The first-order valence-corrected chi connectivity index (χ1v) is 7.00. The first-order chi connectivity index (χ1) is 8.16. The van der Waals surface area contributed by atoms with Crippen molar-refractivity contribution in [3.63, 3.8) is 0 Å². The maximum atomic E-state index is 8.83. The molecule has 1 saturated carbocycles. The number of nitrogens with zero attached hydrogens (tertiary/aromatic N) is 1. The van der Waals surface area contributed by atoms with Crippen molar-refractivity contribution in [2.45, 2.75) is 58.1 Å². The van der Waals surface area contributed by atoms with Crippen LogP contribution in [-0.4, -0.2) is 49.5 Å². The third-order valence-corrected chi connectivity index (χ3v) is 4.79. The summed E-state index contributed by atoms with van der Waals surface area (Å²) in [6.45, 7) is 5.96. The number of rotatable bonds is 8. The third kappa shape index (κ3) is 2.83. The molecule has 0 heterocycles. The van der Waals surface area contributed by atoms with Crippen molar-refractivity contribution in [3.05, 3.63) is 0 Å². The molecule has 0 amide bonds. The van der Waals surface area contributed by atoms with Crippen LogP contribution in [0.5, 0.6) is 0 Å². The van der Waals surface area contributed by atoms with Crippen molar-refractivity contribution < 1.29 is 9.84 Å². The van der Waals surface area contributed by atoms with Crippen LogP contribution in [0.1, 0.15) is 46.0 Å². The molecule has 17 heavy (non-hydrogen) atoms. The molecule has 0 aromatic carbocycles. The maximum absolute atomic E-state index is 8.83. The summed E-state index contributed by atoms with van der Waals surface area (Å²) in [5.41, 5.74) is 0.350. The molecule has 3 nitrogen and oxygen atoms in total. The molecule has 1 rings (SSSR count). The van der Waals surface area contributed by atoms with Crippen LogP contribution in [0.15, 0.2) is 0 Å². The molecule has 1 N–H and O–H groups in total. The van der Waals surface area contributed by atoms with Crippen molar-refractivity contribution in [2.75, 3.05) is 27.3 Å². The van der Waals surface area contributed by atoms with E-state index in [1.54, 1.807) is 0 Å². The smallest absolute Gasteiger partial charge is 0.0657 e. The zero-order valence-electron chi connectivity index (χ0n) is 11.9. The second-order valence-corrected chi connectivity index (χ2v) is 5.33. The van der Waals surface area contributed by atoms with Gasteiger partial charge in [-0.15, -0.1) is 0 Å². The van der Waals surface area contributed by atoms with E-state index in [4.69, 9.17) is 9.84 Å². The minimum Gasteiger partial charge on any atom is -0.396 e. The van der Waals surface area contributed by atoms with Crippen LogP contribution in [-0.2, 0) is 4.74 Å². The molecular formula is C14H29NO2. The average molecular weight is 243 g/mol. The lowest BCUT2D eigenvalue weighted by Crippen LogP contribution is -2.63. The highest BCUT2D eigenvalue weighted by Crippen LogP contribution is 2.50. The van der Waals surface area contributed by atoms with Gasteiger partial charge in [-0.1, -0.05) is 13.8 Å².